The summed E-state index contributed by atoms with van der Waals surface area (Å²) in [5, 5.41) is 0. The summed E-state index contributed by atoms with van der Waals surface area (Å²) in [5.41, 5.74) is 1.80. The molecular formula is C15H13FN2O. The maximum Gasteiger partial charge on any atom is 0.206 e. The van der Waals surface area contributed by atoms with Crippen molar-refractivity contribution < 1.29 is 9.18 Å². The van der Waals surface area contributed by atoms with Gasteiger partial charge in [0.05, 0.1) is 5.69 Å². The summed E-state index contributed by atoms with van der Waals surface area (Å²) in [4.78, 5) is 20.2. The molecule has 0 radical (unpaired) electrons. The van der Waals surface area contributed by atoms with Crippen LogP contribution in [0.5, 0.6) is 0 Å². The van der Waals surface area contributed by atoms with Gasteiger partial charge in [0.1, 0.15) is 11.5 Å². The molecule has 0 fully saturated rings. The van der Waals surface area contributed by atoms with Crippen molar-refractivity contribution in [3.63, 3.8) is 0 Å². The summed E-state index contributed by atoms with van der Waals surface area (Å²) in [7, 11) is 0. The molecule has 0 saturated carbocycles. The lowest BCUT2D eigenvalue weighted by atomic mass is 10.1. The van der Waals surface area contributed by atoms with Gasteiger partial charge in [-0.25, -0.2) is 9.37 Å². The van der Waals surface area contributed by atoms with Crippen molar-refractivity contribution in [1.82, 2.24) is 9.97 Å². The van der Waals surface area contributed by atoms with Crippen molar-refractivity contribution >= 4 is 11.9 Å². The van der Waals surface area contributed by atoms with Gasteiger partial charge in [-0.05, 0) is 30.2 Å². The van der Waals surface area contributed by atoms with E-state index < -0.39 is 0 Å². The second kappa shape index (κ2) is 6.00. The summed E-state index contributed by atoms with van der Waals surface area (Å²) in [6.07, 6.45) is 6.78. The quantitative estimate of drug-likeness (QED) is 0.623. The molecule has 0 N–H and O–H groups in total. The molecule has 0 atom stereocenters. The van der Waals surface area contributed by atoms with Crippen molar-refractivity contribution in [2.45, 2.75) is 13.3 Å². The molecule has 1 aromatic heterocycles. The van der Waals surface area contributed by atoms with Crippen LogP contribution in [0.15, 0.2) is 42.7 Å². The highest BCUT2D eigenvalue weighted by atomic mass is 19.1. The SMILES string of the molecule is CCc1nccnc1C(=O)/C=C/c1ccc(F)cc1. The largest absolute Gasteiger partial charge is 0.287 e. The van der Waals surface area contributed by atoms with Crippen molar-refractivity contribution in [2.24, 2.45) is 0 Å². The maximum atomic E-state index is 12.7. The first-order chi connectivity index (χ1) is 9.20. The normalized spacial score (nSPS) is 10.8. The minimum atomic E-state index is -0.300. The number of carbonyl (C=O) groups excluding carboxylic acids is 1. The second-order valence-corrected chi connectivity index (χ2v) is 3.95. The molecule has 19 heavy (non-hydrogen) atoms. The first-order valence-electron chi connectivity index (χ1n) is 5.98. The fraction of sp³-hybridized carbons (Fsp3) is 0.133. The van der Waals surface area contributed by atoms with E-state index in [1.807, 2.05) is 6.92 Å². The van der Waals surface area contributed by atoms with E-state index in [-0.39, 0.29) is 11.6 Å². The molecule has 2 rings (SSSR count). The Bertz CT molecular complexity index is 606. The van der Waals surface area contributed by atoms with E-state index in [1.54, 1.807) is 24.4 Å². The Morgan fingerprint density at radius 3 is 2.58 bits per heavy atom. The van der Waals surface area contributed by atoms with E-state index in [2.05, 4.69) is 9.97 Å². The average molecular weight is 256 g/mol. The van der Waals surface area contributed by atoms with Crippen LogP contribution in [0.4, 0.5) is 4.39 Å². The number of aryl methyl sites for hydroxylation is 1. The van der Waals surface area contributed by atoms with E-state index in [9.17, 15) is 9.18 Å². The second-order valence-electron chi connectivity index (χ2n) is 3.95. The van der Waals surface area contributed by atoms with Gasteiger partial charge in [-0.3, -0.25) is 9.78 Å². The highest BCUT2D eigenvalue weighted by Gasteiger charge is 2.09. The Morgan fingerprint density at radius 1 is 1.21 bits per heavy atom. The molecular weight excluding hydrogens is 243 g/mol. The van der Waals surface area contributed by atoms with E-state index in [0.29, 0.717) is 17.8 Å². The van der Waals surface area contributed by atoms with Gasteiger partial charge in [-0.15, -0.1) is 0 Å². The molecule has 0 saturated heterocycles. The summed E-state index contributed by atoms with van der Waals surface area (Å²) in [6, 6.07) is 5.92. The minimum absolute atomic E-state index is 0.200. The van der Waals surface area contributed by atoms with Crippen LogP contribution in [0.3, 0.4) is 0 Å². The molecule has 1 aromatic carbocycles. The molecule has 0 spiro atoms. The highest BCUT2D eigenvalue weighted by Crippen LogP contribution is 2.08. The van der Waals surface area contributed by atoms with Crippen LogP contribution < -0.4 is 0 Å². The molecule has 0 aliphatic carbocycles. The maximum absolute atomic E-state index is 12.7. The number of hydrogen-bond acceptors (Lipinski definition) is 3. The Balaban J connectivity index is 2.19. The van der Waals surface area contributed by atoms with Gasteiger partial charge in [-0.1, -0.05) is 25.1 Å². The number of benzene rings is 1. The lowest BCUT2D eigenvalue weighted by Gasteiger charge is -2.00. The summed E-state index contributed by atoms with van der Waals surface area (Å²) in [6.45, 7) is 1.92. The van der Waals surface area contributed by atoms with Crippen molar-refractivity contribution in [3.8, 4) is 0 Å². The van der Waals surface area contributed by atoms with Crippen LogP contribution in [-0.2, 0) is 6.42 Å². The molecule has 0 amide bonds. The zero-order valence-electron chi connectivity index (χ0n) is 10.5. The number of carbonyl (C=O) groups is 1. The lowest BCUT2D eigenvalue weighted by Crippen LogP contribution is -2.05. The van der Waals surface area contributed by atoms with Crippen molar-refractivity contribution in [1.29, 1.82) is 0 Å². The predicted molar refractivity (Wildman–Crippen MR) is 71.2 cm³/mol. The number of aromatic nitrogens is 2. The smallest absolute Gasteiger partial charge is 0.206 e. The molecule has 0 bridgehead atoms. The fourth-order valence-electron chi connectivity index (χ4n) is 1.66. The third-order valence-electron chi connectivity index (χ3n) is 2.64. The first kappa shape index (κ1) is 13.1. The number of allylic oxidation sites excluding steroid dienone is 1. The highest BCUT2D eigenvalue weighted by molar-refractivity contribution is 6.06. The van der Waals surface area contributed by atoms with Gasteiger partial charge >= 0.3 is 0 Å². The van der Waals surface area contributed by atoms with Gasteiger partial charge in [0.25, 0.3) is 0 Å². The Labute approximate surface area is 110 Å². The van der Waals surface area contributed by atoms with Crippen LogP contribution in [0, 0.1) is 5.82 Å². The topological polar surface area (TPSA) is 42.9 Å². The molecule has 4 heteroatoms. The summed E-state index contributed by atoms with van der Waals surface area (Å²) < 4.78 is 12.7. The van der Waals surface area contributed by atoms with E-state index in [4.69, 9.17) is 0 Å². The predicted octanol–water partition coefficient (Wildman–Crippen LogP) is 3.07. The van der Waals surface area contributed by atoms with Crippen LogP contribution in [0.2, 0.25) is 0 Å². The van der Waals surface area contributed by atoms with Crippen molar-refractivity contribution in [2.75, 3.05) is 0 Å². The Morgan fingerprint density at radius 2 is 1.89 bits per heavy atom. The average Bonchev–Trinajstić information content (AvgIpc) is 2.46. The van der Waals surface area contributed by atoms with Crippen molar-refractivity contribution in [3.05, 3.63) is 65.5 Å². The number of hydrogen-bond donors (Lipinski definition) is 0. The Kier molecular flexibility index (Phi) is 4.13. The van der Waals surface area contributed by atoms with Crippen LogP contribution in [-0.4, -0.2) is 15.8 Å². The van der Waals surface area contributed by atoms with Crippen LogP contribution in [0.25, 0.3) is 6.08 Å². The van der Waals surface area contributed by atoms with Gasteiger partial charge in [-0.2, -0.15) is 0 Å². The first-order valence-corrected chi connectivity index (χ1v) is 5.98. The Hall–Kier alpha value is -2.36. The zero-order valence-corrected chi connectivity index (χ0v) is 10.5. The van der Waals surface area contributed by atoms with E-state index >= 15 is 0 Å². The molecule has 0 aliphatic heterocycles. The zero-order chi connectivity index (χ0) is 13.7. The van der Waals surface area contributed by atoms with Gasteiger partial charge in [0, 0.05) is 12.4 Å². The molecule has 1 heterocycles. The van der Waals surface area contributed by atoms with Gasteiger partial charge in [0.15, 0.2) is 0 Å². The monoisotopic (exact) mass is 256 g/mol. The summed E-state index contributed by atoms with van der Waals surface area (Å²) in [5.74, 6) is -0.500. The molecule has 3 nitrogen and oxygen atoms in total. The molecule has 2 aromatic rings. The van der Waals surface area contributed by atoms with E-state index in [0.717, 1.165) is 5.56 Å². The number of rotatable bonds is 4. The van der Waals surface area contributed by atoms with Crippen LogP contribution in [0.1, 0.15) is 28.7 Å². The van der Waals surface area contributed by atoms with E-state index in [1.165, 1.54) is 24.4 Å². The molecule has 0 aliphatic rings. The van der Waals surface area contributed by atoms with Gasteiger partial charge in [0.2, 0.25) is 5.78 Å². The fourth-order valence-corrected chi connectivity index (χ4v) is 1.66. The third-order valence-corrected chi connectivity index (χ3v) is 2.64. The van der Waals surface area contributed by atoms with Gasteiger partial charge < -0.3 is 0 Å². The number of halogens is 1. The van der Waals surface area contributed by atoms with Crippen LogP contribution >= 0.6 is 0 Å². The standard InChI is InChI=1S/C15H13FN2O/c1-2-13-15(18-10-9-17-13)14(19)8-5-11-3-6-12(16)7-4-11/h3-10H,2H2,1H3/b8-5+. The summed E-state index contributed by atoms with van der Waals surface area (Å²) >= 11 is 0. The molecule has 0 unspecified atom stereocenters. The number of nitrogens with zero attached hydrogens (tertiary/aromatic N) is 2. The molecule has 96 valence electrons. The minimum Gasteiger partial charge on any atom is -0.287 e. The lowest BCUT2D eigenvalue weighted by molar-refractivity contribution is 0.104. The number of ketones is 1. The third kappa shape index (κ3) is 3.31.